The molecule has 0 spiro atoms. The molecule has 7 heteroatoms. The Balaban J connectivity index is 1.76. The van der Waals surface area contributed by atoms with Crippen molar-refractivity contribution in [3.05, 3.63) is 30.1 Å². The van der Waals surface area contributed by atoms with E-state index >= 15 is 0 Å². The highest BCUT2D eigenvalue weighted by atomic mass is 32.2. The second kappa shape index (κ2) is 9.46. The lowest BCUT2D eigenvalue weighted by Crippen LogP contribution is -2.42. The molecular formula is C19H29FN2O3S. The normalized spacial score (nSPS) is 18.8. The third-order valence-corrected chi connectivity index (χ3v) is 6.57. The van der Waals surface area contributed by atoms with Crippen molar-refractivity contribution in [2.75, 3.05) is 31.9 Å². The Morgan fingerprint density at radius 1 is 1.31 bits per heavy atom. The quantitative estimate of drug-likeness (QED) is 0.699. The Morgan fingerprint density at radius 2 is 2.00 bits per heavy atom. The maximum Gasteiger partial charge on any atom is 0.222 e. The second-order valence-electron chi connectivity index (χ2n) is 7.34. The van der Waals surface area contributed by atoms with Crippen LogP contribution < -0.4 is 5.32 Å². The average molecular weight is 385 g/mol. The van der Waals surface area contributed by atoms with Crippen LogP contribution in [0.5, 0.6) is 0 Å². The second-order valence-corrected chi connectivity index (χ2v) is 9.44. The fraction of sp³-hybridized carbons (Fsp3) is 0.632. The van der Waals surface area contributed by atoms with Crippen molar-refractivity contribution in [2.45, 2.75) is 38.0 Å². The number of amides is 1. The van der Waals surface area contributed by atoms with Gasteiger partial charge in [-0.2, -0.15) is 0 Å². The first kappa shape index (κ1) is 20.8. The van der Waals surface area contributed by atoms with E-state index in [9.17, 15) is 17.6 Å². The van der Waals surface area contributed by atoms with Crippen molar-refractivity contribution in [2.24, 2.45) is 11.8 Å². The molecule has 5 nitrogen and oxygen atoms in total. The number of sulfone groups is 1. The van der Waals surface area contributed by atoms with Gasteiger partial charge < -0.3 is 10.2 Å². The number of rotatable bonds is 8. The summed E-state index contributed by atoms with van der Waals surface area (Å²) < 4.78 is 37.5. The molecule has 1 atom stereocenters. The molecule has 1 heterocycles. The van der Waals surface area contributed by atoms with Crippen molar-refractivity contribution >= 4 is 15.7 Å². The van der Waals surface area contributed by atoms with Crippen molar-refractivity contribution in [1.82, 2.24) is 10.2 Å². The number of carbonyl (C=O) groups excluding carboxylic acids is 1. The maximum atomic E-state index is 12.9. The van der Waals surface area contributed by atoms with Crippen molar-refractivity contribution in [3.8, 4) is 0 Å². The van der Waals surface area contributed by atoms with Crippen LogP contribution in [0.25, 0.3) is 0 Å². The smallest absolute Gasteiger partial charge is 0.222 e. The number of carbonyl (C=O) groups is 1. The van der Waals surface area contributed by atoms with E-state index in [1.807, 2.05) is 13.8 Å². The lowest BCUT2D eigenvalue weighted by Gasteiger charge is -2.32. The molecule has 0 saturated carbocycles. The predicted molar refractivity (Wildman–Crippen MR) is 100 cm³/mol. The zero-order chi connectivity index (χ0) is 19.2. The number of hydrogen-bond donors (Lipinski definition) is 1. The first-order valence-electron chi connectivity index (χ1n) is 9.26. The number of nitrogens with zero attached hydrogens (tertiary/aromatic N) is 1. The largest absolute Gasteiger partial charge is 0.356 e. The highest BCUT2D eigenvalue weighted by molar-refractivity contribution is 7.91. The third kappa shape index (κ3) is 6.36. The lowest BCUT2D eigenvalue weighted by atomic mass is 9.97. The summed E-state index contributed by atoms with van der Waals surface area (Å²) in [5.41, 5.74) is 0. The molecule has 2 rings (SSSR count). The average Bonchev–Trinajstić information content (AvgIpc) is 2.60. The highest BCUT2D eigenvalue weighted by Gasteiger charge is 2.21. The molecule has 1 fully saturated rings. The maximum absolute atomic E-state index is 12.9. The molecule has 1 aromatic carbocycles. The first-order valence-corrected chi connectivity index (χ1v) is 10.9. The monoisotopic (exact) mass is 384 g/mol. The Morgan fingerprint density at radius 3 is 2.65 bits per heavy atom. The van der Waals surface area contributed by atoms with Crippen LogP contribution in [0.1, 0.15) is 33.1 Å². The summed E-state index contributed by atoms with van der Waals surface area (Å²) in [6, 6.07) is 4.99. The Kier molecular flexibility index (Phi) is 7.58. The van der Waals surface area contributed by atoms with Crippen LogP contribution in [-0.4, -0.2) is 51.2 Å². The number of nitrogens with one attached hydrogen (secondary N) is 1. The van der Waals surface area contributed by atoms with E-state index < -0.39 is 15.7 Å². The van der Waals surface area contributed by atoms with Gasteiger partial charge in [-0.3, -0.25) is 4.79 Å². The summed E-state index contributed by atoms with van der Waals surface area (Å²) in [6.45, 7) is 7.00. The summed E-state index contributed by atoms with van der Waals surface area (Å²) in [5, 5.41) is 2.99. The molecule has 1 N–H and O–H groups in total. The van der Waals surface area contributed by atoms with Gasteiger partial charge in [-0.05, 0) is 62.5 Å². The molecule has 26 heavy (non-hydrogen) atoms. The van der Waals surface area contributed by atoms with Gasteiger partial charge in [0.2, 0.25) is 5.91 Å². The fourth-order valence-corrected chi connectivity index (χ4v) is 4.50. The summed E-state index contributed by atoms with van der Waals surface area (Å²) >= 11 is 0. The molecule has 1 saturated heterocycles. The van der Waals surface area contributed by atoms with Crippen molar-refractivity contribution in [3.63, 3.8) is 0 Å². The van der Waals surface area contributed by atoms with E-state index in [2.05, 4.69) is 10.2 Å². The van der Waals surface area contributed by atoms with Gasteiger partial charge in [-0.25, -0.2) is 12.8 Å². The topological polar surface area (TPSA) is 66.5 Å². The minimum Gasteiger partial charge on any atom is -0.356 e. The zero-order valence-electron chi connectivity index (χ0n) is 15.6. The van der Waals surface area contributed by atoms with E-state index in [1.165, 1.54) is 24.3 Å². The Bertz CT molecular complexity index is 689. The van der Waals surface area contributed by atoms with E-state index in [-0.39, 0.29) is 22.5 Å². The SMILES string of the molecule is CC(C)C(=O)NCC1CCCN(CCCS(=O)(=O)c2ccc(F)cc2)C1. The predicted octanol–water partition coefficient (Wildman–Crippen LogP) is 2.47. The molecular weight excluding hydrogens is 355 g/mol. The Hall–Kier alpha value is -1.47. The van der Waals surface area contributed by atoms with Gasteiger partial charge in [-0.15, -0.1) is 0 Å². The highest BCUT2D eigenvalue weighted by Crippen LogP contribution is 2.17. The van der Waals surface area contributed by atoms with Gasteiger partial charge in [0.05, 0.1) is 10.6 Å². The van der Waals surface area contributed by atoms with Crippen molar-refractivity contribution < 1.29 is 17.6 Å². The third-order valence-electron chi connectivity index (χ3n) is 4.75. The van der Waals surface area contributed by atoms with Crippen LogP contribution in [0.2, 0.25) is 0 Å². The van der Waals surface area contributed by atoms with Gasteiger partial charge in [0.15, 0.2) is 9.84 Å². The van der Waals surface area contributed by atoms with Crippen LogP contribution in [0.15, 0.2) is 29.2 Å². The van der Waals surface area contributed by atoms with E-state index in [0.717, 1.165) is 32.5 Å². The van der Waals surface area contributed by atoms with Crippen LogP contribution in [0, 0.1) is 17.7 Å². The number of hydrogen-bond acceptors (Lipinski definition) is 4. The number of likely N-dealkylation sites (tertiary alicyclic amines) is 1. The molecule has 0 radical (unpaired) electrons. The summed E-state index contributed by atoms with van der Waals surface area (Å²) in [7, 11) is -3.37. The Labute approximate surface area is 155 Å². The van der Waals surface area contributed by atoms with Crippen LogP contribution in [0.3, 0.4) is 0 Å². The van der Waals surface area contributed by atoms with E-state index in [0.29, 0.717) is 18.9 Å². The van der Waals surface area contributed by atoms with E-state index in [4.69, 9.17) is 0 Å². The molecule has 0 bridgehead atoms. The molecule has 1 aliphatic heterocycles. The summed E-state index contributed by atoms with van der Waals surface area (Å²) in [6.07, 6.45) is 2.69. The zero-order valence-corrected chi connectivity index (χ0v) is 16.4. The van der Waals surface area contributed by atoms with Crippen LogP contribution >= 0.6 is 0 Å². The fourth-order valence-electron chi connectivity index (χ4n) is 3.21. The van der Waals surface area contributed by atoms with Crippen molar-refractivity contribution in [1.29, 1.82) is 0 Å². The minimum absolute atomic E-state index is 0.00800. The van der Waals surface area contributed by atoms with Crippen LogP contribution in [0.4, 0.5) is 4.39 Å². The van der Waals surface area contributed by atoms with Gasteiger partial charge in [-0.1, -0.05) is 13.8 Å². The molecule has 146 valence electrons. The molecule has 1 aromatic rings. The molecule has 0 aromatic heterocycles. The van der Waals surface area contributed by atoms with Gasteiger partial charge in [0, 0.05) is 19.0 Å². The van der Waals surface area contributed by atoms with Crippen LogP contribution in [-0.2, 0) is 14.6 Å². The molecule has 1 unspecified atom stereocenters. The number of halogens is 1. The summed E-state index contributed by atoms with van der Waals surface area (Å²) in [4.78, 5) is 14.1. The van der Waals surface area contributed by atoms with Gasteiger partial charge >= 0.3 is 0 Å². The van der Waals surface area contributed by atoms with Gasteiger partial charge in [0.1, 0.15) is 5.82 Å². The molecule has 1 amide bonds. The summed E-state index contributed by atoms with van der Waals surface area (Å²) in [5.74, 6) is 0.107. The standard InChI is InChI=1S/C19H29FN2O3S/c1-15(2)19(23)21-13-16-5-3-10-22(14-16)11-4-12-26(24,25)18-8-6-17(20)7-9-18/h6-9,15-16H,3-5,10-14H2,1-2H3,(H,21,23). The first-order chi connectivity index (χ1) is 12.3. The molecule has 0 aliphatic carbocycles. The lowest BCUT2D eigenvalue weighted by molar-refractivity contribution is -0.124. The van der Waals surface area contributed by atoms with Gasteiger partial charge in [0.25, 0.3) is 0 Å². The van der Waals surface area contributed by atoms with E-state index in [1.54, 1.807) is 0 Å². The number of benzene rings is 1. The number of piperidine rings is 1. The minimum atomic E-state index is -3.37. The molecule has 1 aliphatic rings.